The van der Waals surface area contributed by atoms with Crippen LogP contribution in [0.3, 0.4) is 0 Å². The molecular weight excluding hydrogens is 690 g/mol. The maximum atomic E-state index is 12.8. The Morgan fingerprint density at radius 3 is 2.57 bits per heavy atom. The predicted octanol–water partition coefficient (Wildman–Crippen LogP) is 1.92. The summed E-state index contributed by atoms with van der Waals surface area (Å²) < 4.78 is 8.90. The van der Waals surface area contributed by atoms with Crippen molar-refractivity contribution in [3.8, 4) is 5.75 Å². The number of likely N-dealkylation sites (N-methyl/N-ethyl adjacent to an activating group) is 1. The standard InChI is InChI=1S/C38H43N11O5/c1-22-18-40-38(43-35(22)41-24-8-10-28-23(16-24)17-30(37(53)45(28)3)54-21-32(51)39-2)48-14-12-47(13-15-48)25-19-49(20-25)29-7-5-6-26-33(44-46(4)34(26)29)27-9-11-31(50)42-36(27)52/h5-8,10,16-18,25,27H,9,11-15,19-21H2,1-4H3,(H,39,51)(H,40,41,43)(H,42,50,52). The Bertz CT molecular complexity index is 2360. The van der Waals surface area contributed by atoms with Gasteiger partial charge in [0.1, 0.15) is 5.82 Å². The number of nitrogens with one attached hydrogen (secondary N) is 3. The first-order valence-electron chi connectivity index (χ1n) is 18.2. The molecule has 16 nitrogen and oxygen atoms in total. The number of benzene rings is 2. The number of piperazine rings is 1. The first-order chi connectivity index (χ1) is 26.1. The highest BCUT2D eigenvalue weighted by Crippen LogP contribution is 2.37. The monoisotopic (exact) mass is 733 g/mol. The van der Waals surface area contributed by atoms with E-state index in [0.29, 0.717) is 30.6 Å². The number of para-hydroxylation sites is 1. The van der Waals surface area contributed by atoms with Gasteiger partial charge in [0.2, 0.25) is 17.8 Å². The molecule has 3 N–H and O–H groups in total. The van der Waals surface area contributed by atoms with Gasteiger partial charge in [0, 0.05) is 101 Å². The molecule has 0 saturated carbocycles. The molecule has 280 valence electrons. The number of hydrogen-bond donors (Lipinski definition) is 3. The number of ether oxygens (including phenoxy) is 1. The summed E-state index contributed by atoms with van der Waals surface area (Å²) in [5, 5.41) is 14.9. The van der Waals surface area contributed by atoms with E-state index in [1.165, 1.54) is 11.6 Å². The summed E-state index contributed by atoms with van der Waals surface area (Å²) in [6, 6.07) is 13.9. The Morgan fingerprint density at radius 1 is 1.02 bits per heavy atom. The lowest BCUT2D eigenvalue weighted by Gasteiger charge is -2.49. The highest BCUT2D eigenvalue weighted by Gasteiger charge is 2.37. The highest BCUT2D eigenvalue weighted by molar-refractivity contribution is 6.03. The molecule has 0 radical (unpaired) electrons. The quantitative estimate of drug-likeness (QED) is 0.188. The van der Waals surface area contributed by atoms with Crippen LogP contribution < -0.4 is 36.0 Å². The van der Waals surface area contributed by atoms with Gasteiger partial charge in [-0.05, 0) is 43.7 Å². The van der Waals surface area contributed by atoms with Crippen LogP contribution >= 0.6 is 0 Å². The molecule has 8 rings (SSSR count). The molecule has 1 unspecified atom stereocenters. The van der Waals surface area contributed by atoms with Gasteiger partial charge >= 0.3 is 0 Å². The van der Waals surface area contributed by atoms with Crippen molar-refractivity contribution in [2.75, 3.05) is 68.0 Å². The SMILES string of the molecule is CNC(=O)COc1cc2cc(Nc3nc(N4CCN(C5CN(c6cccc7c(C8CCC(=O)NC8=O)nn(C)c67)C5)CC4)ncc3C)ccc2n(C)c1=O. The smallest absolute Gasteiger partial charge is 0.293 e. The van der Waals surface area contributed by atoms with Crippen LogP contribution in [0, 0.1) is 6.92 Å². The number of carbonyl (C=O) groups is 3. The average molecular weight is 734 g/mol. The Hall–Kier alpha value is -6.03. The van der Waals surface area contributed by atoms with Crippen LogP contribution in [-0.4, -0.2) is 106 Å². The minimum atomic E-state index is -0.431. The number of amides is 3. The third-order valence-electron chi connectivity index (χ3n) is 10.8. The van der Waals surface area contributed by atoms with Crippen LogP contribution in [-0.2, 0) is 28.5 Å². The maximum absolute atomic E-state index is 12.8. The molecule has 0 spiro atoms. The maximum Gasteiger partial charge on any atom is 0.293 e. The molecule has 0 aliphatic carbocycles. The number of fused-ring (bicyclic) bond motifs is 2. The molecule has 3 aromatic heterocycles. The number of pyridine rings is 1. The Balaban J connectivity index is 0.907. The van der Waals surface area contributed by atoms with Crippen LogP contribution in [0.25, 0.3) is 21.8 Å². The van der Waals surface area contributed by atoms with Gasteiger partial charge in [-0.15, -0.1) is 0 Å². The van der Waals surface area contributed by atoms with Gasteiger partial charge in [-0.2, -0.15) is 10.1 Å². The van der Waals surface area contributed by atoms with E-state index in [2.05, 4.69) is 41.7 Å². The van der Waals surface area contributed by atoms with Gasteiger partial charge in [0.05, 0.1) is 28.3 Å². The number of rotatable bonds is 9. The molecule has 3 saturated heterocycles. The van der Waals surface area contributed by atoms with Crippen molar-refractivity contribution >= 4 is 62.7 Å². The first-order valence-corrected chi connectivity index (χ1v) is 18.2. The van der Waals surface area contributed by atoms with E-state index >= 15 is 0 Å². The zero-order valence-corrected chi connectivity index (χ0v) is 30.8. The Morgan fingerprint density at radius 2 is 1.81 bits per heavy atom. The van der Waals surface area contributed by atoms with Crippen molar-refractivity contribution in [1.82, 2.24) is 39.8 Å². The largest absolute Gasteiger partial charge is 0.478 e. The second-order valence-corrected chi connectivity index (χ2v) is 14.2. The summed E-state index contributed by atoms with van der Waals surface area (Å²) in [6.45, 7) is 6.89. The zero-order chi connectivity index (χ0) is 37.7. The van der Waals surface area contributed by atoms with E-state index < -0.39 is 5.92 Å². The van der Waals surface area contributed by atoms with Crippen molar-refractivity contribution < 1.29 is 19.1 Å². The van der Waals surface area contributed by atoms with Gasteiger partial charge < -0.3 is 29.7 Å². The van der Waals surface area contributed by atoms with E-state index in [-0.39, 0.29) is 35.6 Å². The third kappa shape index (κ3) is 6.46. The van der Waals surface area contributed by atoms with Crippen LogP contribution in [0.15, 0.2) is 53.5 Å². The summed E-state index contributed by atoms with van der Waals surface area (Å²) in [6.07, 6.45) is 2.63. The molecule has 0 bridgehead atoms. The lowest BCUT2D eigenvalue weighted by atomic mass is 9.92. The second kappa shape index (κ2) is 14.1. The van der Waals surface area contributed by atoms with E-state index in [9.17, 15) is 19.2 Å². The molecule has 1 atom stereocenters. The van der Waals surface area contributed by atoms with Gasteiger partial charge in [-0.25, -0.2) is 4.98 Å². The number of anilines is 4. The molecule has 2 aromatic carbocycles. The van der Waals surface area contributed by atoms with Crippen LogP contribution in [0.1, 0.15) is 30.0 Å². The number of imide groups is 1. The number of aromatic nitrogens is 5. The Labute approximate surface area is 311 Å². The summed E-state index contributed by atoms with van der Waals surface area (Å²) >= 11 is 0. The Kier molecular flexibility index (Phi) is 9.13. The van der Waals surface area contributed by atoms with E-state index in [0.717, 1.165) is 83.7 Å². The number of aryl methyl sites for hydroxylation is 3. The van der Waals surface area contributed by atoms with Crippen LogP contribution in [0.5, 0.6) is 5.75 Å². The predicted molar refractivity (Wildman–Crippen MR) is 204 cm³/mol. The zero-order valence-electron chi connectivity index (χ0n) is 30.8. The number of piperidine rings is 1. The van der Waals surface area contributed by atoms with Crippen molar-refractivity contribution in [1.29, 1.82) is 0 Å². The normalized spacial score (nSPS) is 18.2. The lowest BCUT2D eigenvalue weighted by Crippen LogP contribution is -2.63. The fraction of sp³-hybridized carbons (Fsp3) is 0.395. The van der Waals surface area contributed by atoms with E-state index in [1.807, 2.05) is 55.2 Å². The van der Waals surface area contributed by atoms with Gasteiger partial charge in [-0.1, -0.05) is 12.1 Å². The third-order valence-corrected chi connectivity index (χ3v) is 10.8. The van der Waals surface area contributed by atoms with E-state index in [1.54, 1.807) is 13.1 Å². The van der Waals surface area contributed by atoms with Crippen molar-refractivity contribution in [3.63, 3.8) is 0 Å². The molecule has 54 heavy (non-hydrogen) atoms. The summed E-state index contributed by atoms with van der Waals surface area (Å²) in [5.74, 6) is 0.216. The van der Waals surface area contributed by atoms with Gasteiger partial charge in [0.25, 0.3) is 11.5 Å². The van der Waals surface area contributed by atoms with Gasteiger partial charge in [-0.3, -0.25) is 34.1 Å². The molecule has 5 aromatic rings. The fourth-order valence-corrected chi connectivity index (χ4v) is 7.68. The minimum Gasteiger partial charge on any atom is -0.478 e. The molecule has 3 amide bonds. The van der Waals surface area contributed by atoms with Crippen molar-refractivity contribution in [2.45, 2.75) is 31.7 Å². The molecular formula is C38H43N11O5. The average Bonchev–Trinajstić information content (AvgIpc) is 3.49. The topological polar surface area (TPSA) is 172 Å². The van der Waals surface area contributed by atoms with Crippen molar-refractivity contribution in [2.24, 2.45) is 14.1 Å². The summed E-state index contributed by atoms with van der Waals surface area (Å²) in [4.78, 5) is 65.6. The summed E-state index contributed by atoms with van der Waals surface area (Å²) in [7, 11) is 5.11. The minimum absolute atomic E-state index is 0.103. The number of nitrogens with zero attached hydrogens (tertiary/aromatic N) is 8. The molecule has 6 heterocycles. The van der Waals surface area contributed by atoms with Crippen LogP contribution in [0.2, 0.25) is 0 Å². The lowest BCUT2D eigenvalue weighted by molar-refractivity contribution is -0.134. The van der Waals surface area contributed by atoms with Crippen LogP contribution in [0.4, 0.5) is 23.1 Å². The van der Waals surface area contributed by atoms with E-state index in [4.69, 9.17) is 14.8 Å². The highest BCUT2D eigenvalue weighted by atomic mass is 16.5. The first kappa shape index (κ1) is 35.0. The number of carbonyl (C=O) groups excluding carboxylic acids is 3. The molecule has 3 aliphatic rings. The molecule has 16 heteroatoms. The fourth-order valence-electron chi connectivity index (χ4n) is 7.68. The van der Waals surface area contributed by atoms with Crippen molar-refractivity contribution in [3.05, 3.63) is 70.3 Å². The molecule has 3 fully saturated rings. The van der Waals surface area contributed by atoms with Gasteiger partial charge in [0.15, 0.2) is 12.4 Å². The second-order valence-electron chi connectivity index (χ2n) is 14.2. The number of hydrogen-bond acceptors (Lipinski definition) is 12. The summed E-state index contributed by atoms with van der Waals surface area (Å²) in [5.41, 5.74) is 4.95. The molecule has 3 aliphatic heterocycles.